The lowest BCUT2D eigenvalue weighted by Gasteiger charge is -2.16. The Morgan fingerprint density at radius 1 is 1.35 bits per heavy atom. The third-order valence-corrected chi connectivity index (χ3v) is 4.89. The van der Waals surface area contributed by atoms with E-state index in [1.165, 1.54) is 12.1 Å². The molecule has 5 nitrogen and oxygen atoms in total. The van der Waals surface area contributed by atoms with Crippen LogP contribution in [0, 0.1) is 5.92 Å². The molecule has 3 aromatic rings. The summed E-state index contributed by atoms with van der Waals surface area (Å²) in [4.78, 5) is 9.04. The second-order valence-corrected chi connectivity index (χ2v) is 6.06. The molecule has 1 N–H and O–H groups in total. The van der Waals surface area contributed by atoms with Crippen LogP contribution >= 0.6 is 9.39 Å². The van der Waals surface area contributed by atoms with Crippen LogP contribution in [0.5, 0.6) is 0 Å². The summed E-state index contributed by atoms with van der Waals surface area (Å²) < 4.78 is 4.24. The second kappa shape index (κ2) is 4.54. The molecule has 1 aliphatic heterocycles. The Labute approximate surface area is 119 Å². The van der Waals surface area contributed by atoms with Crippen LogP contribution in [0.25, 0.3) is 16.8 Å². The molecule has 0 bridgehead atoms. The molecule has 104 valence electrons. The maximum absolute atomic E-state index is 4.55. The SMILES string of the molecule is CC[C@@H]1CNC[C@@H]1c1cnc2cnc3c(ccn3P)n12. The molecule has 3 aromatic heterocycles. The van der Waals surface area contributed by atoms with E-state index in [9.17, 15) is 0 Å². The molecule has 0 spiro atoms. The third-order valence-electron chi connectivity index (χ3n) is 4.47. The summed E-state index contributed by atoms with van der Waals surface area (Å²) >= 11 is 0. The number of aromatic nitrogens is 4. The predicted octanol–water partition coefficient (Wildman–Crippen LogP) is 2.04. The summed E-state index contributed by atoms with van der Waals surface area (Å²) in [7, 11) is 2.68. The van der Waals surface area contributed by atoms with E-state index in [0.717, 1.165) is 29.9 Å². The lowest BCUT2D eigenvalue weighted by atomic mass is 9.91. The average Bonchev–Trinajstić information content (AvgIpc) is 3.15. The van der Waals surface area contributed by atoms with Gasteiger partial charge in [0, 0.05) is 30.6 Å². The van der Waals surface area contributed by atoms with Crippen LogP contribution in [0.15, 0.2) is 24.7 Å². The zero-order valence-electron chi connectivity index (χ0n) is 11.5. The first kappa shape index (κ1) is 12.3. The van der Waals surface area contributed by atoms with Crippen molar-refractivity contribution in [2.24, 2.45) is 5.92 Å². The van der Waals surface area contributed by atoms with Gasteiger partial charge >= 0.3 is 0 Å². The Morgan fingerprint density at radius 3 is 3.10 bits per heavy atom. The average molecular weight is 287 g/mol. The third kappa shape index (κ3) is 1.63. The number of rotatable bonds is 2. The molecule has 1 unspecified atom stereocenters. The fourth-order valence-electron chi connectivity index (χ4n) is 3.36. The molecule has 3 atom stereocenters. The highest BCUT2D eigenvalue weighted by Crippen LogP contribution is 2.32. The highest BCUT2D eigenvalue weighted by Gasteiger charge is 2.29. The van der Waals surface area contributed by atoms with Crippen LogP contribution in [0.2, 0.25) is 0 Å². The van der Waals surface area contributed by atoms with Gasteiger partial charge < -0.3 is 9.65 Å². The van der Waals surface area contributed by atoms with Gasteiger partial charge in [-0.1, -0.05) is 13.3 Å². The Balaban J connectivity index is 1.97. The summed E-state index contributed by atoms with van der Waals surface area (Å²) in [6.45, 7) is 4.41. The Hall–Kier alpha value is -1.45. The van der Waals surface area contributed by atoms with Crippen molar-refractivity contribution in [3.8, 4) is 0 Å². The molecule has 20 heavy (non-hydrogen) atoms. The minimum atomic E-state index is 0.536. The quantitative estimate of drug-likeness (QED) is 0.734. The van der Waals surface area contributed by atoms with Gasteiger partial charge in [0.25, 0.3) is 0 Å². The topological polar surface area (TPSA) is 47.2 Å². The van der Waals surface area contributed by atoms with Gasteiger partial charge in [0.1, 0.15) is 0 Å². The molecule has 6 heteroatoms. The summed E-state index contributed by atoms with van der Waals surface area (Å²) in [5, 5.41) is 3.51. The maximum atomic E-state index is 4.55. The first-order chi connectivity index (χ1) is 9.79. The number of fused-ring (bicyclic) bond motifs is 3. The van der Waals surface area contributed by atoms with Gasteiger partial charge in [0.2, 0.25) is 0 Å². The molecule has 0 aromatic carbocycles. The Bertz CT molecular complexity index is 774. The van der Waals surface area contributed by atoms with Crippen molar-refractivity contribution < 1.29 is 0 Å². The number of hydrogen-bond donors (Lipinski definition) is 1. The number of nitrogens with one attached hydrogen (secondary N) is 1. The number of imidazole rings is 1. The minimum Gasteiger partial charge on any atom is -0.316 e. The van der Waals surface area contributed by atoms with Crippen molar-refractivity contribution in [2.75, 3.05) is 13.1 Å². The Kier molecular flexibility index (Phi) is 2.79. The highest BCUT2D eigenvalue weighted by molar-refractivity contribution is 7.14. The van der Waals surface area contributed by atoms with E-state index in [0.29, 0.717) is 11.8 Å². The van der Waals surface area contributed by atoms with Gasteiger partial charge in [0.15, 0.2) is 11.3 Å². The molecule has 1 aliphatic rings. The molecule has 1 fully saturated rings. The van der Waals surface area contributed by atoms with Gasteiger partial charge in [-0.25, -0.2) is 9.97 Å². The first-order valence-corrected chi connectivity index (χ1v) is 7.60. The van der Waals surface area contributed by atoms with E-state index < -0.39 is 0 Å². The monoisotopic (exact) mass is 287 g/mol. The van der Waals surface area contributed by atoms with Gasteiger partial charge in [-0.2, -0.15) is 0 Å². The number of hydrogen-bond acceptors (Lipinski definition) is 3. The van der Waals surface area contributed by atoms with E-state index in [2.05, 4.69) is 42.1 Å². The van der Waals surface area contributed by atoms with E-state index in [-0.39, 0.29) is 0 Å². The summed E-state index contributed by atoms with van der Waals surface area (Å²) in [5.41, 5.74) is 4.35. The van der Waals surface area contributed by atoms with E-state index in [1.54, 1.807) is 0 Å². The highest BCUT2D eigenvalue weighted by atomic mass is 31.0. The predicted molar refractivity (Wildman–Crippen MR) is 83.0 cm³/mol. The molecular formula is C14H18N5P. The molecule has 1 saturated heterocycles. The number of nitrogens with zero attached hydrogens (tertiary/aromatic N) is 4. The van der Waals surface area contributed by atoms with Crippen molar-refractivity contribution in [1.29, 1.82) is 0 Å². The van der Waals surface area contributed by atoms with Gasteiger partial charge in [-0.05, 0) is 27.9 Å². The summed E-state index contributed by atoms with van der Waals surface area (Å²) in [6, 6.07) is 2.11. The normalized spacial score (nSPS) is 23.1. The molecule has 4 rings (SSSR count). The van der Waals surface area contributed by atoms with Gasteiger partial charge in [-0.3, -0.25) is 4.40 Å². The molecule has 4 heterocycles. The van der Waals surface area contributed by atoms with Gasteiger partial charge in [-0.15, -0.1) is 0 Å². The van der Waals surface area contributed by atoms with Crippen molar-refractivity contribution in [2.45, 2.75) is 19.3 Å². The fraction of sp³-hybridized carbons (Fsp3) is 0.429. The van der Waals surface area contributed by atoms with Crippen LogP contribution in [0.3, 0.4) is 0 Å². The fourth-order valence-corrected chi connectivity index (χ4v) is 3.64. The van der Waals surface area contributed by atoms with Crippen LogP contribution in [0.1, 0.15) is 25.0 Å². The van der Waals surface area contributed by atoms with Crippen molar-refractivity contribution in [1.82, 2.24) is 24.0 Å². The van der Waals surface area contributed by atoms with E-state index in [1.807, 2.05) is 22.9 Å². The summed E-state index contributed by atoms with van der Waals surface area (Å²) in [6.07, 6.45) is 7.10. The molecule has 0 radical (unpaired) electrons. The summed E-state index contributed by atoms with van der Waals surface area (Å²) in [5.74, 6) is 1.23. The second-order valence-electron chi connectivity index (χ2n) is 5.50. The molecule has 0 saturated carbocycles. The molecule has 0 aliphatic carbocycles. The largest absolute Gasteiger partial charge is 0.316 e. The molecule has 0 amide bonds. The molecular weight excluding hydrogens is 269 g/mol. The zero-order valence-corrected chi connectivity index (χ0v) is 12.6. The lowest BCUT2D eigenvalue weighted by molar-refractivity contribution is 0.493. The standard InChI is InChI=1S/C14H18N5P/c1-2-9-5-15-6-10(9)12-7-16-13-8-17-14-11(19(12)13)3-4-18(14)20/h3-4,7-10,15H,2,5-6,20H2,1H3/t9-,10+/m1/s1. The van der Waals surface area contributed by atoms with Crippen LogP contribution in [-0.4, -0.2) is 31.8 Å². The minimum absolute atomic E-state index is 0.536. The van der Waals surface area contributed by atoms with Crippen LogP contribution in [-0.2, 0) is 0 Å². The van der Waals surface area contributed by atoms with Crippen LogP contribution < -0.4 is 5.32 Å². The van der Waals surface area contributed by atoms with E-state index >= 15 is 0 Å². The smallest absolute Gasteiger partial charge is 0.160 e. The van der Waals surface area contributed by atoms with E-state index in [4.69, 9.17) is 0 Å². The zero-order chi connectivity index (χ0) is 13.7. The Morgan fingerprint density at radius 2 is 2.25 bits per heavy atom. The lowest BCUT2D eigenvalue weighted by Crippen LogP contribution is -2.12. The van der Waals surface area contributed by atoms with Gasteiger partial charge in [0.05, 0.1) is 11.7 Å². The maximum Gasteiger partial charge on any atom is 0.160 e. The first-order valence-electron chi connectivity index (χ1n) is 7.08. The van der Waals surface area contributed by atoms with Crippen molar-refractivity contribution >= 4 is 26.2 Å². The van der Waals surface area contributed by atoms with Crippen LogP contribution in [0.4, 0.5) is 0 Å². The van der Waals surface area contributed by atoms with Crippen molar-refractivity contribution in [3.05, 3.63) is 30.4 Å². The van der Waals surface area contributed by atoms with Crippen molar-refractivity contribution in [3.63, 3.8) is 0 Å².